The lowest BCUT2D eigenvalue weighted by Crippen LogP contribution is -2.41. The molecule has 1 aromatic heterocycles. The number of anilines is 2. The van der Waals surface area contributed by atoms with E-state index in [0.29, 0.717) is 12.1 Å². The molecule has 6 nitrogen and oxygen atoms in total. The number of pyridine rings is 1. The van der Waals surface area contributed by atoms with Gasteiger partial charge in [0.25, 0.3) is 0 Å². The fourth-order valence-electron chi connectivity index (χ4n) is 2.20. The number of guanidine groups is 1. The number of hydrogen-bond donors (Lipinski definition) is 2. The van der Waals surface area contributed by atoms with E-state index in [2.05, 4.69) is 4.98 Å². The zero-order valence-electron chi connectivity index (χ0n) is 13.4. The summed E-state index contributed by atoms with van der Waals surface area (Å²) in [4.78, 5) is 19.8. The van der Waals surface area contributed by atoms with Crippen LogP contribution in [0.1, 0.15) is 12.0 Å². The molecule has 120 valence electrons. The molecule has 0 unspecified atom stereocenters. The van der Waals surface area contributed by atoms with E-state index in [4.69, 9.17) is 11.1 Å². The minimum Gasteiger partial charge on any atom is -0.369 e. The van der Waals surface area contributed by atoms with E-state index < -0.39 is 0 Å². The number of amides is 1. The van der Waals surface area contributed by atoms with E-state index >= 15 is 0 Å². The van der Waals surface area contributed by atoms with Crippen molar-refractivity contribution < 1.29 is 4.79 Å². The van der Waals surface area contributed by atoms with Crippen LogP contribution >= 0.6 is 0 Å². The van der Waals surface area contributed by atoms with Gasteiger partial charge in [-0.1, -0.05) is 30.3 Å². The molecule has 0 atom stereocenters. The zero-order chi connectivity index (χ0) is 16.8. The third-order valence-electron chi connectivity index (χ3n) is 3.41. The van der Waals surface area contributed by atoms with Crippen molar-refractivity contribution in [3.8, 4) is 0 Å². The van der Waals surface area contributed by atoms with Crippen molar-refractivity contribution >= 4 is 23.4 Å². The van der Waals surface area contributed by atoms with Crippen LogP contribution in [0, 0.1) is 5.41 Å². The fraction of sp³-hybridized carbons (Fsp3) is 0.235. The topological polar surface area (TPSA) is 86.3 Å². The van der Waals surface area contributed by atoms with E-state index in [1.807, 2.05) is 49.3 Å². The molecule has 2 aromatic rings. The van der Waals surface area contributed by atoms with E-state index in [9.17, 15) is 4.79 Å². The van der Waals surface area contributed by atoms with Gasteiger partial charge in [-0.25, -0.2) is 9.88 Å². The number of nitrogens with one attached hydrogen (secondary N) is 1. The standard InChI is InChI=1S/C17H21N5O/c1-21(2)15-10-9-14(12-20-15)22(17(18)19)16(23)11-8-13-6-4-3-5-7-13/h3-7,9-10,12H,8,11H2,1-2H3,(H3,18,19). The second-order valence-electron chi connectivity index (χ2n) is 5.37. The predicted octanol–water partition coefficient (Wildman–Crippen LogP) is 2.01. The Morgan fingerprint density at radius 1 is 1.17 bits per heavy atom. The molecule has 1 heterocycles. The van der Waals surface area contributed by atoms with Crippen molar-refractivity contribution in [3.05, 3.63) is 54.2 Å². The lowest BCUT2D eigenvalue weighted by Gasteiger charge is -2.21. The van der Waals surface area contributed by atoms with Crippen molar-refractivity contribution in [1.29, 1.82) is 5.41 Å². The molecular formula is C17H21N5O. The summed E-state index contributed by atoms with van der Waals surface area (Å²) in [6.45, 7) is 0. The number of benzene rings is 1. The first-order valence-electron chi connectivity index (χ1n) is 7.33. The highest BCUT2D eigenvalue weighted by Gasteiger charge is 2.19. The summed E-state index contributed by atoms with van der Waals surface area (Å²) >= 11 is 0. The first kappa shape index (κ1) is 16.5. The summed E-state index contributed by atoms with van der Waals surface area (Å²) in [5.74, 6) is 0.247. The van der Waals surface area contributed by atoms with Crippen LogP contribution in [0.3, 0.4) is 0 Å². The zero-order valence-corrected chi connectivity index (χ0v) is 13.4. The highest BCUT2D eigenvalue weighted by molar-refractivity contribution is 6.14. The van der Waals surface area contributed by atoms with Gasteiger partial charge in [0.15, 0.2) is 5.96 Å². The molecule has 0 fully saturated rings. The number of hydrogen-bond acceptors (Lipinski definition) is 4. The molecule has 23 heavy (non-hydrogen) atoms. The van der Waals surface area contributed by atoms with Gasteiger partial charge in [-0.15, -0.1) is 0 Å². The third-order valence-corrected chi connectivity index (χ3v) is 3.41. The molecule has 0 aliphatic rings. The Bertz CT molecular complexity index is 667. The molecule has 6 heteroatoms. The maximum absolute atomic E-state index is 12.4. The largest absolute Gasteiger partial charge is 0.369 e. The first-order valence-corrected chi connectivity index (χ1v) is 7.33. The molecule has 2 rings (SSSR count). The maximum atomic E-state index is 12.4. The average Bonchev–Trinajstić information content (AvgIpc) is 2.54. The van der Waals surface area contributed by atoms with Gasteiger partial charge >= 0.3 is 0 Å². The molecule has 1 amide bonds. The van der Waals surface area contributed by atoms with Gasteiger partial charge < -0.3 is 10.6 Å². The third kappa shape index (κ3) is 4.29. The van der Waals surface area contributed by atoms with Gasteiger partial charge in [0.1, 0.15) is 5.82 Å². The second-order valence-corrected chi connectivity index (χ2v) is 5.37. The molecule has 0 aliphatic carbocycles. The quantitative estimate of drug-likeness (QED) is 0.653. The smallest absolute Gasteiger partial charge is 0.234 e. The number of carbonyl (C=O) groups is 1. The minimum atomic E-state index is -0.303. The number of rotatable bonds is 5. The Morgan fingerprint density at radius 3 is 2.39 bits per heavy atom. The van der Waals surface area contributed by atoms with Gasteiger partial charge in [-0.3, -0.25) is 10.2 Å². The average molecular weight is 311 g/mol. The minimum absolute atomic E-state index is 0.222. The predicted molar refractivity (Wildman–Crippen MR) is 92.7 cm³/mol. The Labute approximate surface area is 136 Å². The van der Waals surface area contributed by atoms with Gasteiger partial charge in [0.05, 0.1) is 11.9 Å². The van der Waals surface area contributed by atoms with Gasteiger partial charge in [-0.05, 0) is 24.1 Å². The van der Waals surface area contributed by atoms with E-state index in [1.165, 1.54) is 4.90 Å². The Kier molecular flexibility index (Phi) is 5.30. The number of aromatic nitrogens is 1. The Morgan fingerprint density at radius 2 is 1.87 bits per heavy atom. The van der Waals surface area contributed by atoms with Gasteiger partial charge in [0, 0.05) is 20.5 Å². The van der Waals surface area contributed by atoms with Crippen molar-refractivity contribution in [2.45, 2.75) is 12.8 Å². The van der Waals surface area contributed by atoms with Crippen LogP contribution in [0.15, 0.2) is 48.7 Å². The fourth-order valence-corrected chi connectivity index (χ4v) is 2.20. The normalized spacial score (nSPS) is 10.2. The maximum Gasteiger partial charge on any atom is 0.234 e. The molecule has 0 saturated heterocycles. The first-order chi connectivity index (χ1) is 11.0. The molecule has 0 radical (unpaired) electrons. The number of carbonyl (C=O) groups excluding carboxylic acids is 1. The molecule has 0 bridgehead atoms. The summed E-state index contributed by atoms with van der Waals surface area (Å²) in [6, 6.07) is 13.3. The number of nitrogens with zero attached hydrogens (tertiary/aromatic N) is 3. The van der Waals surface area contributed by atoms with Crippen molar-refractivity contribution in [3.63, 3.8) is 0 Å². The SMILES string of the molecule is CN(C)c1ccc(N(C(=N)N)C(=O)CCc2ccccc2)cn1. The summed E-state index contributed by atoms with van der Waals surface area (Å²) in [7, 11) is 3.77. The van der Waals surface area contributed by atoms with Crippen LogP contribution in [-0.2, 0) is 11.2 Å². The summed E-state index contributed by atoms with van der Waals surface area (Å²) < 4.78 is 0. The molecule has 1 aromatic carbocycles. The van der Waals surface area contributed by atoms with Crippen LogP contribution in [0.5, 0.6) is 0 Å². The monoisotopic (exact) mass is 311 g/mol. The lowest BCUT2D eigenvalue weighted by molar-refractivity contribution is -0.117. The van der Waals surface area contributed by atoms with E-state index in [1.54, 1.807) is 18.3 Å². The van der Waals surface area contributed by atoms with Crippen LogP contribution in [0.25, 0.3) is 0 Å². The summed E-state index contributed by atoms with van der Waals surface area (Å²) in [5.41, 5.74) is 7.16. The highest BCUT2D eigenvalue weighted by Crippen LogP contribution is 2.18. The molecule has 0 saturated carbocycles. The molecule has 3 N–H and O–H groups in total. The van der Waals surface area contributed by atoms with Crippen LogP contribution in [0.4, 0.5) is 11.5 Å². The van der Waals surface area contributed by atoms with Crippen LogP contribution < -0.4 is 15.5 Å². The lowest BCUT2D eigenvalue weighted by atomic mass is 10.1. The van der Waals surface area contributed by atoms with Crippen molar-refractivity contribution in [2.24, 2.45) is 5.73 Å². The molecular weight excluding hydrogens is 290 g/mol. The number of aryl methyl sites for hydroxylation is 1. The van der Waals surface area contributed by atoms with Crippen LogP contribution in [-0.4, -0.2) is 30.9 Å². The van der Waals surface area contributed by atoms with E-state index in [0.717, 1.165) is 11.4 Å². The Balaban J connectivity index is 2.11. The summed E-state index contributed by atoms with van der Waals surface area (Å²) in [6.07, 6.45) is 2.43. The van der Waals surface area contributed by atoms with Crippen LogP contribution in [0.2, 0.25) is 0 Å². The Hall–Kier alpha value is -2.89. The van der Waals surface area contributed by atoms with Crippen molar-refractivity contribution in [2.75, 3.05) is 23.9 Å². The highest BCUT2D eigenvalue weighted by atomic mass is 16.2. The molecule has 0 spiro atoms. The number of nitrogens with two attached hydrogens (primary N) is 1. The summed E-state index contributed by atoms with van der Waals surface area (Å²) in [5, 5.41) is 7.69. The van der Waals surface area contributed by atoms with E-state index in [-0.39, 0.29) is 18.3 Å². The van der Waals surface area contributed by atoms with Gasteiger partial charge in [0.2, 0.25) is 5.91 Å². The van der Waals surface area contributed by atoms with Crippen molar-refractivity contribution in [1.82, 2.24) is 4.98 Å². The second kappa shape index (κ2) is 7.40. The van der Waals surface area contributed by atoms with Gasteiger partial charge in [-0.2, -0.15) is 0 Å². The molecule has 0 aliphatic heterocycles.